The van der Waals surface area contributed by atoms with Gasteiger partial charge in [-0.3, -0.25) is 0 Å². The Morgan fingerprint density at radius 2 is 2.00 bits per heavy atom. The molecule has 1 aliphatic rings. The number of carboxylic acids is 1. The summed E-state index contributed by atoms with van der Waals surface area (Å²) in [4.78, 5) is 19.4. The maximum absolute atomic E-state index is 12.8. The molecule has 0 aliphatic carbocycles. The van der Waals surface area contributed by atoms with E-state index in [9.17, 15) is 18.0 Å². The fraction of sp³-hybridized carbons (Fsp3) is 0.500. The van der Waals surface area contributed by atoms with Crippen LogP contribution in [0.3, 0.4) is 0 Å². The third-order valence-electron chi connectivity index (χ3n) is 2.67. The number of nitrogens with one attached hydrogen (secondary N) is 1. The second kappa shape index (κ2) is 5.00. The Balaban J connectivity index is 2.40. The van der Waals surface area contributed by atoms with Gasteiger partial charge in [0.1, 0.15) is 5.56 Å². The average molecular weight is 276 g/mol. The zero-order chi connectivity index (χ0) is 14.0. The molecule has 2 N–H and O–H groups in total. The lowest BCUT2D eigenvalue weighted by Gasteiger charge is -2.27. The zero-order valence-electron chi connectivity index (χ0n) is 9.74. The molecule has 9 heteroatoms. The van der Waals surface area contributed by atoms with Crippen LogP contribution in [0, 0.1) is 0 Å². The quantitative estimate of drug-likeness (QED) is 0.823. The number of nitrogens with zero attached hydrogens (tertiary/aromatic N) is 3. The SMILES string of the molecule is O=C(O)c1cnc(N2CCNCC2)nc1C(F)(F)F. The molecule has 0 radical (unpaired) electrons. The Labute approximate surface area is 106 Å². The van der Waals surface area contributed by atoms with Gasteiger partial charge in [0.15, 0.2) is 5.69 Å². The minimum Gasteiger partial charge on any atom is -0.478 e. The van der Waals surface area contributed by atoms with Crippen LogP contribution in [0.2, 0.25) is 0 Å². The summed E-state index contributed by atoms with van der Waals surface area (Å²) >= 11 is 0. The van der Waals surface area contributed by atoms with E-state index < -0.39 is 23.4 Å². The molecule has 104 valence electrons. The van der Waals surface area contributed by atoms with E-state index in [0.717, 1.165) is 0 Å². The van der Waals surface area contributed by atoms with Crippen LogP contribution in [-0.4, -0.2) is 47.2 Å². The standard InChI is InChI=1S/C10H11F3N4O2/c11-10(12,13)7-6(8(18)19)5-15-9(16-7)17-3-1-14-2-4-17/h5,14H,1-4H2,(H,18,19). The number of halogens is 3. The molecule has 2 rings (SSSR count). The van der Waals surface area contributed by atoms with Crippen LogP contribution < -0.4 is 10.2 Å². The molecule has 1 fully saturated rings. The van der Waals surface area contributed by atoms with Crippen molar-refractivity contribution in [2.45, 2.75) is 6.18 Å². The third-order valence-corrected chi connectivity index (χ3v) is 2.67. The van der Waals surface area contributed by atoms with Crippen molar-refractivity contribution in [1.29, 1.82) is 0 Å². The number of aromatic carboxylic acids is 1. The predicted octanol–water partition coefficient (Wildman–Crippen LogP) is 0.603. The van der Waals surface area contributed by atoms with Crippen molar-refractivity contribution in [2.24, 2.45) is 0 Å². The van der Waals surface area contributed by atoms with Gasteiger partial charge in [-0.1, -0.05) is 0 Å². The van der Waals surface area contributed by atoms with E-state index >= 15 is 0 Å². The normalized spacial score (nSPS) is 16.5. The topological polar surface area (TPSA) is 78.3 Å². The number of carbonyl (C=O) groups is 1. The highest BCUT2D eigenvalue weighted by molar-refractivity contribution is 5.88. The van der Waals surface area contributed by atoms with Crippen LogP contribution in [0.15, 0.2) is 6.20 Å². The van der Waals surface area contributed by atoms with Gasteiger partial charge in [0.05, 0.1) is 0 Å². The Kier molecular flexibility index (Phi) is 3.56. The Morgan fingerprint density at radius 1 is 1.37 bits per heavy atom. The maximum atomic E-state index is 12.8. The molecule has 0 aromatic carbocycles. The van der Waals surface area contributed by atoms with Gasteiger partial charge in [-0.05, 0) is 0 Å². The van der Waals surface area contributed by atoms with E-state index in [0.29, 0.717) is 32.4 Å². The zero-order valence-corrected chi connectivity index (χ0v) is 9.74. The highest BCUT2D eigenvalue weighted by Gasteiger charge is 2.38. The van der Waals surface area contributed by atoms with Gasteiger partial charge in [0.2, 0.25) is 5.95 Å². The summed E-state index contributed by atoms with van der Waals surface area (Å²) in [7, 11) is 0. The van der Waals surface area contributed by atoms with Gasteiger partial charge in [0.25, 0.3) is 0 Å². The molecule has 19 heavy (non-hydrogen) atoms. The summed E-state index contributed by atoms with van der Waals surface area (Å²) in [5, 5.41) is 11.8. The van der Waals surface area contributed by atoms with Crippen molar-refractivity contribution in [3.8, 4) is 0 Å². The predicted molar refractivity (Wildman–Crippen MR) is 59.1 cm³/mol. The minimum absolute atomic E-state index is 0.0983. The second-order valence-electron chi connectivity index (χ2n) is 3.97. The molecule has 0 spiro atoms. The molecular weight excluding hydrogens is 265 g/mol. The van der Waals surface area contributed by atoms with E-state index in [1.54, 1.807) is 4.90 Å². The van der Waals surface area contributed by atoms with Crippen LogP contribution in [0.25, 0.3) is 0 Å². The van der Waals surface area contributed by atoms with E-state index in [1.165, 1.54) is 0 Å². The molecule has 2 heterocycles. The van der Waals surface area contributed by atoms with Gasteiger partial charge >= 0.3 is 12.1 Å². The lowest BCUT2D eigenvalue weighted by atomic mass is 10.2. The number of hydrogen-bond donors (Lipinski definition) is 2. The number of anilines is 1. The number of piperazine rings is 1. The van der Waals surface area contributed by atoms with Crippen molar-refractivity contribution in [1.82, 2.24) is 15.3 Å². The van der Waals surface area contributed by atoms with Gasteiger partial charge in [-0.15, -0.1) is 0 Å². The monoisotopic (exact) mass is 276 g/mol. The fourth-order valence-electron chi connectivity index (χ4n) is 1.76. The molecule has 0 unspecified atom stereocenters. The first-order valence-corrected chi connectivity index (χ1v) is 5.53. The molecule has 1 aromatic rings. The maximum Gasteiger partial charge on any atom is 0.434 e. The fourth-order valence-corrected chi connectivity index (χ4v) is 1.76. The van der Waals surface area contributed by atoms with Crippen molar-refractivity contribution < 1.29 is 23.1 Å². The molecule has 1 aliphatic heterocycles. The highest BCUT2D eigenvalue weighted by Crippen LogP contribution is 2.31. The van der Waals surface area contributed by atoms with E-state index in [-0.39, 0.29) is 5.95 Å². The summed E-state index contributed by atoms with van der Waals surface area (Å²) in [5.74, 6) is -1.79. The van der Waals surface area contributed by atoms with E-state index in [4.69, 9.17) is 5.11 Å². The summed E-state index contributed by atoms with van der Waals surface area (Å²) in [6, 6.07) is 0. The number of rotatable bonds is 2. The summed E-state index contributed by atoms with van der Waals surface area (Å²) in [6.07, 6.45) is -4.12. The Hall–Kier alpha value is -1.90. The first-order chi connectivity index (χ1) is 8.89. The lowest BCUT2D eigenvalue weighted by Crippen LogP contribution is -2.44. The molecule has 6 nitrogen and oxygen atoms in total. The molecular formula is C10H11F3N4O2. The smallest absolute Gasteiger partial charge is 0.434 e. The molecule has 0 atom stereocenters. The largest absolute Gasteiger partial charge is 0.478 e. The van der Waals surface area contributed by atoms with Crippen molar-refractivity contribution in [2.75, 3.05) is 31.1 Å². The second-order valence-corrected chi connectivity index (χ2v) is 3.97. The first-order valence-electron chi connectivity index (χ1n) is 5.53. The van der Waals surface area contributed by atoms with Gasteiger partial charge in [-0.25, -0.2) is 14.8 Å². The number of hydrogen-bond acceptors (Lipinski definition) is 5. The molecule has 0 bridgehead atoms. The van der Waals surface area contributed by atoms with Crippen molar-refractivity contribution >= 4 is 11.9 Å². The lowest BCUT2D eigenvalue weighted by molar-refractivity contribution is -0.141. The number of aromatic nitrogens is 2. The van der Waals surface area contributed by atoms with E-state index in [1.807, 2.05) is 0 Å². The molecule has 1 saturated heterocycles. The van der Waals surface area contributed by atoms with Crippen LogP contribution in [0.4, 0.5) is 19.1 Å². The van der Waals surface area contributed by atoms with E-state index in [2.05, 4.69) is 15.3 Å². The van der Waals surface area contributed by atoms with Crippen LogP contribution in [-0.2, 0) is 6.18 Å². The Morgan fingerprint density at radius 3 is 2.53 bits per heavy atom. The molecule has 1 aromatic heterocycles. The van der Waals surface area contributed by atoms with Crippen LogP contribution >= 0.6 is 0 Å². The van der Waals surface area contributed by atoms with Crippen LogP contribution in [0.5, 0.6) is 0 Å². The molecule has 0 amide bonds. The summed E-state index contributed by atoms with van der Waals surface area (Å²) < 4.78 is 38.3. The van der Waals surface area contributed by atoms with Gasteiger partial charge < -0.3 is 15.3 Å². The number of carboxylic acid groups (broad SMARTS) is 1. The summed E-state index contributed by atoms with van der Waals surface area (Å²) in [5.41, 5.74) is -2.35. The third kappa shape index (κ3) is 2.92. The Bertz CT molecular complexity index is 486. The van der Waals surface area contributed by atoms with Crippen molar-refractivity contribution in [3.05, 3.63) is 17.5 Å². The molecule has 0 saturated carbocycles. The minimum atomic E-state index is -4.82. The number of alkyl halides is 3. The van der Waals surface area contributed by atoms with Gasteiger partial charge in [-0.2, -0.15) is 13.2 Å². The van der Waals surface area contributed by atoms with Crippen LogP contribution in [0.1, 0.15) is 16.1 Å². The van der Waals surface area contributed by atoms with Crippen molar-refractivity contribution in [3.63, 3.8) is 0 Å². The highest BCUT2D eigenvalue weighted by atomic mass is 19.4. The van der Waals surface area contributed by atoms with Gasteiger partial charge in [0, 0.05) is 32.4 Å². The summed E-state index contributed by atoms with van der Waals surface area (Å²) in [6.45, 7) is 2.18. The first kappa shape index (κ1) is 13.5. The average Bonchev–Trinajstić information content (AvgIpc) is 2.38.